The second kappa shape index (κ2) is 9.40. The van der Waals surface area contributed by atoms with Crippen LogP contribution in [0.2, 0.25) is 0 Å². The van der Waals surface area contributed by atoms with Gasteiger partial charge in [0.05, 0.1) is 16.6 Å². The molecule has 0 saturated carbocycles. The monoisotopic (exact) mass is 481 g/mol. The van der Waals surface area contributed by atoms with Gasteiger partial charge in [0.2, 0.25) is 0 Å². The fraction of sp³-hybridized carbons (Fsp3) is 0.0909. The molecule has 4 nitrogen and oxygen atoms in total. The molecule has 0 radical (unpaired) electrons. The van der Waals surface area contributed by atoms with E-state index in [-0.39, 0.29) is 5.56 Å². The smallest absolute Gasteiger partial charge is 0.266 e. The number of rotatable bonds is 5. The van der Waals surface area contributed by atoms with Gasteiger partial charge in [-0.15, -0.1) is 0 Å². The molecule has 2 heterocycles. The van der Waals surface area contributed by atoms with Crippen LogP contribution >= 0.6 is 0 Å². The first kappa shape index (κ1) is 22.7. The molecule has 2 aromatic heterocycles. The Morgan fingerprint density at radius 2 is 1.41 bits per heavy atom. The fourth-order valence-electron chi connectivity index (χ4n) is 5.10. The number of nitrogens with zero attached hydrogens (tertiary/aromatic N) is 3. The Morgan fingerprint density at radius 3 is 2.22 bits per heavy atom. The molecule has 37 heavy (non-hydrogen) atoms. The summed E-state index contributed by atoms with van der Waals surface area (Å²) in [7, 11) is 0. The van der Waals surface area contributed by atoms with Crippen LogP contribution in [0.5, 0.6) is 0 Å². The predicted molar refractivity (Wildman–Crippen MR) is 153 cm³/mol. The zero-order chi connectivity index (χ0) is 25.4. The third-order valence-electron chi connectivity index (χ3n) is 7.02. The van der Waals surface area contributed by atoms with Crippen LogP contribution in [0.1, 0.15) is 28.2 Å². The largest absolute Gasteiger partial charge is 0.340 e. The van der Waals surface area contributed by atoms with Gasteiger partial charge < -0.3 is 4.57 Å². The fourth-order valence-corrected chi connectivity index (χ4v) is 5.10. The first-order chi connectivity index (χ1) is 18.1. The Morgan fingerprint density at radius 1 is 0.730 bits per heavy atom. The van der Waals surface area contributed by atoms with Gasteiger partial charge in [-0.1, -0.05) is 78.9 Å². The van der Waals surface area contributed by atoms with E-state index >= 15 is 0 Å². The van der Waals surface area contributed by atoms with Gasteiger partial charge in [-0.3, -0.25) is 9.36 Å². The first-order valence-electron chi connectivity index (χ1n) is 12.5. The average molecular weight is 482 g/mol. The van der Waals surface area contributed by atoms with Crippen LogP contribution in [0.15, 0.2) is 108 Å². The lowest BCUT2D eigenvalue weighted by Gasteiger charge is -2.13. The molecule has 0 atom stereocenters. The highest BCUT2D eigenvalue weighted by Crippen LogP contribution is 2.29. The maximum atomic E-state index is 13.7. The summed E-state index contributed by atoms with van der Waals surface area (Å²) >= 11 is 0. The third kappa shape index (κ3) is 4.07. The number of hydrogen-bond donors (Lipinski definition) is 0. The van der Waals surface area contributed by atoms with Crippen molar-refractivity contribution in [1.82, 2.24) is 14.1 Å². The Bertz CT molecular complexity index is 1840. The van der Waals surface area contributed by atoms with E-state index in [0.29, 0.717) is 16.7 Å². The van der Waals surface area contributed by atoms with E-state index in [1.54, 1.807) is 4.57 Å². The predicted octanol–water partition coefficient (Wildman–Crippen LogP) is 7.18. The van der Waals surface area contributed by atoms with Crippen LogP contribution in [-0.4, -0.2) is 14.1 Å². The van der Waals surface area contributed by atoms with Gasteiger partial charge in [0, 0.05) is 28.7 Å². The molecule has 0 aliphatic rings. The van der Waals surface area contributed by atoms with Gasteiger partial charge in [-0.2, -0.15) is 0 Å². The quantitative estimate of drug-likeness (QED) is 0.262. The molecular formula is C33H27N3O. The number of fused-ring (bicyclic) bond motifs is 2. The zero-order valence-electron chi connectivity index (χ0n) is 20.9. The molecule has 0 unspecified atom stereocenters. The molecular weight excluding hydrogens is 454 g/mol. The van der Waals surface area contributed by atoms with E-state index in [1.165, 1.54) is 22.2 Å². The Balaban J connectivity index is 1.54. The lowest BCUT2D eigenvalue weighted by atomic mass is 10.1. The van der Waals surface area contributed by atoms with Crippen molar-refractivity contribution in [1.29, 1.82) is 0 Å². The zero-order valence-corrected chi connectivity index (χ0v) is 20.9. The van der Waals surface area contributed by atoms with Crippen molar-refractivity contribution in [3.8, 4) is 5.69 Å². The van der Waals surface area contributed by atoms with Crippen LogP contribution in [0, 0.1) is 13.8 Å². The van der Waals surface area contributed by atoms with Gasteiger partial charge in [0.25, 0.3) is 5.56 Å². The lowest BCUT2D eigenvalue weighted by molar-refractivity contribution is 0.804. The van der Waals surface area contributed by atoms with Gasteiger partial charge >= 0.3 is 0 Å². The highest BCUT2D eigenvalue weighted by molar-refractivity contribution is 5.94. The summed E-state index contributed by atoms with van der Waals surface area (Å²) < 4.78 is 4.08. The summed E-state index contributed by atoms with van der Waals surface area (Å²) in [5.41, 5.74) is 7.23. The molecule has 0 spiro atoms. The Labute approximate surface area is 215 Å². The van der Waals surface area contributed by atoms with Crippen LogP contribution in [-0.2, 0) is 6.54 Å². The van der Waals surface area contributed by atoms with Gasteiger partial charge in [0.1, 0.15) is 5.82 Å². The molecule has 4 heteroatoms. The van der Waals surface area contributed by atoms with E-state index in [1.807, 2.05) is 67.6 Å². The molecule has 0 fully saturated rings. The number of para-hydroxylation sites is 3. The topological polar surface area (TPSA) is 39.8 Å². The number of benzene rings is 4. The summed E-state index contributed by atoms with van der Waals surface area (Å²) in [6.45, 7) is 4.97. The minimum absolute atomic E-state index is 0.0669. The van der Waals surface area contributed by atoms with Crippen molar-refractivity contribution in [3.05, 3.63) is 142 Å². The summed E-state index contributed by atoms with van der Waals surface area (Å²) in [4.78, 5) is 18.6. The van der Waals surface area contributed by atoms with Crippen LogP contribution in [0.25, 0.3) is 39.6 Å². The minimum Gasteiger partial charge on any atom is -0.340 e. The molecule has 180 valence electrons. The molecule has 0 saturated heterocycles. The molecule has 4 aromatic carbocycles. The maximum absolute atomic E-state index is 13.7. The Hall–Kier alpha value is -4.70. The summed E-state index contributed by atoms with van der Waals surface area (Å²) in [6.07, 6.45) is 4.08. The van der Waals surface area contributed by atoms with Crippen molar-refractivity contribution < 1.29 is 0 Å². The molecule has 6 rings (SSSR count). The summed E-state index contributed by atoms with van der Waals surface area (Å²) in [5, 5.41) is 1.79. The minimum atomic E-state index is -0.0669. The highest BCUT2D eigenvalue weighted by atomic mass is 16.1. The molecule has 0 aliphatic heterocycles. The van der Waals surface area contributed by atoms with Gasteiger partial charge in [0.15, 0.2) is 0 Å². The molecule has 0 aliphatic carbocycles. The normalized spacial score (nSPS) is 11.6. The van der Waals surface area contributed by atoms with Crippen molar-refractivity contribution >= 4 is 34.0 Å². The Kier molecular flexibility index (Phi) is 5.78. The third-order valence-corrected chi connectivity index (χ3v) is 7.02. The molecule has 0 N–H and O–H groups in total. The van der Waals surface area contributed by atoms with Gasteiger partial charge in [-0.05, 0) is 61.4 Å². The number of aryl methyl sites for hydroxylation is 1. The van der Waals surface area contributed by atoms with E-state index < -0.39 is 0 Å². The van der Waals surface area contributed by atoms with E-state index in [0.717, 1.165) is 23.4 Å². The van der Waals surface area contributed by atoms with E-state index in [9.17, 15) is 4.79 Å². The highest BCUT2D eigenvalue weighted by Gasteiger charge is 2.15. The number of hydrogen-bond acceptors (Lipinski definition) is 2. The molecule has 0 bridgehead atoms. The molecule has 0 amide bonds. The van der Waals surface area contributed by atoms with Gasteiger partial charge in [-0.25, -0.2) is 4.98 Å². The lowest BCUT2D eigenvalue weighted by Crippen LogP contribution is -2.23. The average Bonchev–Trinajstić information content (AvgIpc) is 3.19. The van der Waals surface area contributed by atoms with E-state index in [2.05, 4.69) is 66.1 Å². The van der Waals surface area contributed by atoms with Crippen molar-refractivity contribution in [2.24, 2.45) is 0 Å². The first-order valence-corrected chi connectivity index (χ1v) is 12.5. The van der Waals surface area contributed by atoms with Crippen molar-refractivity contribution in [2.75, 3.05) is 0 Å². The maximum Gasteiger partial charge on any atom is 0.266 e. The van der Waals surface area contributed by atoms with Crippen molar-refractivity contribution in [3.63, 3.8) is 0 Å². The van der Waals surface area contributed by atoms with E-state index in [4.69, 9.17) is 4.98 Å². The molecule has 6 aromatic rings. The second-order valence-electron chi connectivity index (χ2n) is 9.34. The van der Waals surface area contributed by atoms with Crippen LogP contribution in [0.4, 0.5) is 0 Å². The SMILES string of the molecule is Cc1ccccc1-n1c(/C=C/c2c(C)n(Cc3ccccc3)c3ccccc23)nc2ccccc2c1=O. The summed E-state index contributed by atoms with van der Waals surface area (Å²) in [6, 6.07) is 34.5. The van der Waals surface area contributed by atoms with Crippen LogP contribution in [0.3, 0.4) is 0 Å². The summed E-state index contributed by atoms with van der Waals surface area (Å²) in [5.74, 6) is 0.609. The van der Waals surface area contributed by atoms with Crippen LogP contribution < -0.4 is 5.56 Å². The van der Waals surface area contributed by atoms with Crippen molar-refractivity contribution in [2.45, 2.75) is 20.4 Å². The standard InChI is InChI=1S/C33H27N3O/c1-23-12-6-10-18-30(23)36-32(34-29-17-9-7-16-28(29)33(36)37)21-20-26-24(2)35(22-25-13-4-3-5-14-25)31-19-11-8-15-27(26)31/h3-21H,22H2,1-2H3/b21-20+. The second-order valence-corrected chi connectivity index (χ2v) is 9.34. The number of aromatic nitrogens is 3.